The summed E-state index contributed by atoms with van der Waals surface area (Å²) < 4.78 is 9.87. The van der Waals surface area contributed by atoms with Crippen LogP contribution < -0.4 is 0 Å². The molecule has 0 unspecified atom stereocenters. The monoisotopic (exact) mass is 289 g/mol. The summed E-state index contributed by atoms with van der Waals surface area (Å²) in [5.74, 6) is -1.11. The van der Waals surface area contributed by atoms with Crippen molar-refractivity contribution in [1.82, 2.24) is 4.98 Å². The highest BCUT2D eigenvalue weighted by Gasteiger charge is 2.22. The van der Waals surface area contributed by atoms with Crippen molar-refractivity contribution in [2.45, 2.75) is 20.8 Å². The number of carbonyl (C=O) groups is 3. The van der Waals surface area contributed by atoms with Crippen LogP contribution >= 0.6 is 0 Å². The minimum Gasteiger partial charge on any atom is -0.461 e. The van der Waals surface area contributed by atoms with E-state index in [-0.39, 0.29) is 17.2 Å². The number of carbonyl (C=O) groups excluding carboxylic acids is 3. The van der Waals surface area contributed by atoms with Gasteiger partial charge in [0.15, 0.2) is 18.2 Å². The minimum absolute atomic E-state index is 0.131. The van der Waals surface area contributed by atoms with Crippen LogP contribution in [0.1, 0.15) is 49.6 Å². The van der Waals surface area contributed by atoms with Gasteiger partial charge in [0.1, 0.15) is 5.69 Å². The number of ether oxygens (including phenoxy) is 1. The molecule has 0 aromatic carbocycles. The number of ketones is 2. The average Bonchev–Trinajstić information content (AvgIpc) is 3.03. The van der Waals surface area contributed by atoms with Crippen LogP contribution in [0.5, 0.6) is 0 Å². The quantitative estimate of drug-likeness (QED) is 0.674. The van der Waals surface area contributed by atoms with Gasteiger partial charge in [-0.15, -0.1) is 0 Å². The zero-order valence-corrected chi connectivity index (χ0v) is 12.0. The molecule has 2 heterocycles. The van der Waals surface area contributed by atoms with E-state index in [1.807, 2.05) is 0 Å². The highest BCUT2D eigenvalue weighted by Crippen LogP contribution is 2.19. The summed E-state index contributed by atoms with van der Waals surface area (Å²) in [6.45, 7) is 4.37. The Morgan fingerprint density at radius 3 is 2.52 bits per heavy atom. The van der Waals surface area contributed by atoms with E-state index in [1.165, 1.54) is 19.3 Å². The third kappa shape index (κ3) is 2.94. The molecule has 0 saturated heterocycles. The number of nitrogens with one attached hydrogen (secondary N) is 1. The van der Waals surface area contributed by atoms with Crippen LogP contribution in [0.3, 0.4) is 0 Å². The first kappa shape index (κ1) is 14.8. The summed E-state index contributed by atoms with van der Waals surface area (Å²) >= 11 is 0. The van der Waals surface area contributed by atoms with E-state index in [2.05, 4.69) is 4.98 Å². The number of hydrogen-bond donors (Lipinski definition) is 1. The van der Waals surface area contributed by atoms with Gasteiger partial charge in [-0.25, -0.2) is 4.79 Å². The molecule has 6 nitrogen and oxygen atoms in total. The van der Waals surface area contributed by atoms with Crippen LogP contribution in [-0.4, -0.2) is 29.1 Å². The summed E-state index contributed by atoms with van der Waals surface area (Å²) in [5, 5.41) is 0. The predicted molar refractivity (Wildman–Crippen MR) is 73.6 cm³/mol. The number of Topliss-reactive ketones (excluding diaryl/α,β-unsaturated/α-hetero) is 2. The topological polar surface area (TPSA) is 89.4 Å². The number of hydrogen-bond acceptors (Lipinski definition) is 5. The molecule has 0 spiro atoms. The lowest BCUT2D eigenvalue weighted by Crippen LogP contribution is -2.15. The lowest BCUT2D eigenvalue weighted by atomic mass is 10.1. The summed E-state index contributed by atoms with van der Waals surface area (Å²) in [7, 11) is 0. The highest BCUT2D eigenvalue weighted by molar-refractivity contribution is 6.02. The second-order valence-electron chi connectivity index (χ2n) is 4.66. The van der Waals surface area contributed by atoms with Crippen molar-refractivity contribution in [1.29, 1.82) is 0 Å². The summed E-state index contributed by atoms with van der Waals surface area (Å²) in [6, 6.07) is 3.07. The van der Waals surface area contributed by atoms with E-state index >= 15 is 0 Å². The molecule has 2 aromatic rings. The van der Waals surface area contributed by atoms with Crippen molar-refractivity contribution in [3.8, 4) is 0 Å². The van der Waals surface area contributed by atoms with Crippen molar-refractivity contribution in [3.63, 3.8) is 0 Å². The molecule has 6 heteroatoms. The molecule has 0 fully saturated rings. The van der Waals surface area contributed by atoms with Crippen molar-refractivity contribution >= 4 is 17.5 Å². The Kier molecular flexibility index (Phi) is 4.07. The van der Waals surface area contributed by atoms with Gasteiger partial charge in [-0.3, -0.25) is 9.59 Å². The SMILES string of the molecule is CC(=O)c1c(C)[nH]c(C(=O)OCC(=O)c2ccco2)c1C. The fourth-order valence-corrected chi connectivity index (χ4v) is 2.19. The number of aromatic amines is 1. The van der Waals surface area contributed by atoms with E-state index in [0.717, 1.165) is 0 Å². The number of esters is 1. The average molecular weight is 289 g/mol. The first-order chi connectivity index (χ1) is 9.91. The Balaban J connectivity index is 2.09. The number of aryl methyl sites for hydroxylation is 1. The number of aromatic nitrogens is 1. The summed E-state index contributed by atoms with van der Waals surface area (Å²) in [5.41, 5.74) is 1.78. The lowest BCUT2D eigenvalue weighted by Gasteiger charge is -2.02. The van der Waals surface area contributed by atoms with Crippen LogP contribution in [0.2, 0.25) is 0 Å². The smallest absolute Gasteiger partial charge is 0.355 e. The minimum atomic E-state index is -0.678. The second-order valence-corrected chi connectivity index (χ2v) is 4.66. The molecule has 0 radical (unpaired) electrons. The van der Waals surface area contributed by atoms with Gasteiger partial charge in [0.25, 0.3) is 0 Å². The van der Waals surface area contributed by atoms with Crippen LogP contribution in [0.4, 0.5) is 0 Å². The van der Waals surface area contributed by atoms with Gasteiger partial charge in [-0.05, 0) is 38.5 Å². The molecule has 2 aromatic heterocycles. The number of H-pyrrole nitrogens is 1. The lowest BCUT2D eigenvalue weighted by molar-refractivity contribution is 0.0462. The maximum absolute atomic E-state index is 12.0. The number of rotatable bonds is 5. The maximum Gasteiger partial charge on any atom is 0.355 e. The van der Waals surface area contributed by atoms with E-state index in [4.69, 9.17) is 9.15 Å². The molecule has 110 valence electrons. The fourth-order valence-electron chi connectivity index (χ4n) is 2.19. The molecule has 0 bridgehead atoms. The Morgan fingerprint density at radius 1 is 1.29 bits per heavy atom. The van der Waals surface area contributed by atoms with E-state index in [1.54, 1.807) is 19.9 Å². The van der Waals surface area contributed by atoms with Gasteiger partial charge in [0, 0.05) is 11.3 Å². The van der Waals surface area contributed by atoms with Gasteiger partial charge in [0.05, 0.1) is 6.26 Å². The van der Waals surface area contributed by atoms with Gasteiger partial charge in [-0.2, -0.15) is 0 Å². The fraction of sp³-hybridized carbons (Fsp3) is 0.267. The van der Waals surface area contributed by atoms with Crippen LogP contribution in [-0.2, 0) is 4.74 Å². The van der Waals surface area contributed by atoms with Gasteiger partial charge < -0.3 is 14.1 Å². The van der Waals surface area contributed by atoms with Crippen molar-refractivity contribution in [3.05, 3.63) is 46.7 Å². The molecule has 2 rings (SSSR count). The van der Waals surface area contributed by atoms with E-state index < -0.39 is 18.4 Å². The Labute approximate surface area is 121 Å². The van der Waals surface area contributed by atoms with Crippen LogP contribution in [0, 0.1) is 13.8 Å². The third-order valence-corrected chi connectivity index (χ3v) is 3.12. The van der Waals surface area contributed by atoms with Gasteiger partial charge >= 0.3 is 5.97 Å². The first-order valence-corrected chi connectivity index (χ1v) is 6.35. The summed E-state index contributed by atoms with van der Waals surface area (Å²) in [4.78, 5) is 38.0. The normalized spacial score (nSPS) is 10.4. The molecule has 1 N–H and O–H groups in total. The van der Waals surface area contributed by atoms with E-state index in [9.17, 15) is 14.4 Å². The molecule has 0 amide bonds. The second kappa shape index (κ2) is 5.78. The first-order valence-electron chi connectivity index (χ1n) is 6.35. The van der Waals surface area contributed by atoms with E-state index in [0.29, 0.717) is 16.8 Å². The Hall–Kier alpha value is -2.63. The molecule has 0 atom stereocenters. The van der Waals surface area contributed by atoms with Crippen LogP contribution in [0.25, 0.3) is 0 Å². The highest BCUT2D eigenvalue weighted by atomic mass is 16.5. The number of furan rings is 1. The predicted octanol–water partition coefficient (Wildman–Crippen LogP) is 2.47. The van der Waals surface area contributed by atoms with Crippen LogP contribution in [0.15, 0.2) is 22.8 Å². The molecule has 0 aliphatic heterocycles. The Morgan fingerprint density at radius 2 is 2.00 bits per heavy atom. The molecule has 21 heavy (non-hydrogen) atoms. The molecule has 0 aliphatic rings. The Bertz CT molecular complexity index is 694. The molecule has 0 saturated carbocycles. The van der Waals surface area contributed by atoms with Crippen molar-refractivity contribution < 1.29 is 23.5 Å². The van der Waals surface area contributed by atoms with Gasteiger partial charge in [0.2, 0.25) is 5.78 Å². The molecular weight excluding hydrogens is 274 g/mol. The molecule has 0 aliphatic carbocycles. The van der Waals surface area contributed by atoms with Crippen molar-refractivity contribution in [2.24, 2.45) is 0 Å². The zero-order valence-electron chi connectivity index (χ0n) is 12.0. The standard InChI is InChI=1S/C15H15NO5/c1-8-13(10(3)17)9(2)16-14(8)15(19)21-7-11(18)12-5-4-6-20-12/h4-6,16H,7H2,1-3H3. The van der Waals surface area contributed by atoms with Gasteiger partial charge in [-0.1, -0.05) is 0 Å². The maximum atomic E-state index is 12.0. The zero-order chi connectivity index (χ0) is 15.6. The largest absolute Gasteiger partial charge is 0.461 e. The van der Waals surface area contributed by atoms with Crippen molar-refractivity contribution in [2.75, 3.05) is 6.61 Å². The molecular formula is C15H15NO5. The third-order valence-electron chi connectivity index (χ3n) is 3.12. The summed E-state index contributed by atoms with van der Waals surface area (Å²) in [6.07, 6.45) is 1.37.